The Morgan fingerprint density at radius 1 is 0.950 bits per heavy atom. The zero-order valence-corrected chi connectivity index (χ0v) is 11.6. The van der Waals surface area contributed by atoms with Crippen LogP contribution in [0.4, 0.5) is 0 Å². The highest BCUT2D eigenvalue weighted by Gasteiger charge is 2.31. The SMILES string of the molecule is O=C1NC(=O)c2cc(S(=O)(=O)N3CCCCC3)ccc21. The highest BCUT2D eigenvalue weighted by Crippen LogP contribution is 2.24. The van der Waals surface area contributed by atoms with Crippen LogP contribution in [0.5, 0.6) is 0 Å². The second-order valence-electron chi connectivity index (χ2n) is 4.96. The van der Waals surface area contributed by atoms with Crippen molar-refractivity contribution in [3.05, 3.63) is 29.3 Å². The molecule has 2 aliphatic heterocycles. The van der Waals surface area contributed by atoms with E-state index < -0.39 is 21.8 Å². The lowest BCUT2D eigenvalue weighted by atomic mass is 10.1. The van der Waals surface area contributed by atoms with Gasteiger partial charge in [0.2, 0.25) is 10.0 Å². The molecule has 2 aliphatic rings. The van der Waals surface area contributed by atoms with Crippen LogP contribution in [0.25, 0.3) is 0 Å². The predicted molar refractivity (Wildman–Crippen MR) is 70.8 cm³/mol. The Morgan fingerprint density at radius 2 is 1.60 bits per heavy atom. The van der Waals surface area contributed by atoms with Crippen LogP contribution in [0.15, 0.2) is 23.1 Å². The number of hydrogen-bond acceptors (Lipinski definition) is 4. The van der Waals surface area contributed by atoms with E-state index in [0.29, 0.717) is 13.1 Å². The van der Waals surface area contributed by atoms with E-state index in [4.69, 9.17) is 0 Å². The first kappa shape index (κ1) is 13.3. The largest absolute Gasteiger partial charge is 0.288 e. The Balaban J connectivity index is 2.01. The minimum Gasteiger partial charge on any atom is -0.288 e. The normalized spacial score (nSPS) is 19.8. The molecule has 2 heterocycles. The molecule has 0 unspecified atom stereocenters. The number of imide groups is 1. The third kappa shape index (κ3) is 2.03. The summed E-state index contributed by atoms with van der Waals surface area (Å²) in [6.45, 7) is 1.01. The van der Waals surface area contributed by atoms with Gasteiger partial charge in [0, 0.05) is 13.1 Å². The van der Waals surface area contributed by atoms with Gasteiger partial charge < -0.3 is 0 Å². The number of fused-ring (bicyclic) bond motifs is 1. The fraction of sp³-hybridized carbons (Fsp3) is 0.385. The number of benzene rings is 1. The molecular formula is C13H14N2O4S. The number of hydrogen-bond donors (Lipinski definition) is 1. The third-order valence-electron chi connectivity index (χ3n) is 3.66. The molecule has 7 heteroatoms. The van der Waals surface area contributed by atoms with Crippen molar-refractivity contribution in [1.29, 1.82) is 0 Å². The zero-order chi connectivity index (χ0) is 14.3. The lowest BCUT2D eigenvalue weighted by Gasteiger charge is -2.25. The number of rotatable bonds is 2. The van der Waals surface area contributed by atoms with E-state index in [1.165, 1.54) is 22.5 Å². The maximum Gasteiger partial charge on any atom is 0.258 e. The minimum atomic E-state index is -3.58. The first-order valence-corrected chi connectivity index (χ1v) is 7.94. The van der Waals surface area contributed by atoms with Gasteiger partial charge in [-0.2, -0.15) is 4.31 Å². The van der Waals surface area contributed by atoms with E-state index in [9.17, 15) is 18.0 Å². The molecule has 3 rings (SSSR count). The van der Waals surface area contributed by atoms with Crippen LogP contribution < -0.4 is 5.32 Å². The lowest BCUT2D eigenvalue weighted by molar-refractivity contribution is 0.0879. The average Bonchev–Trinajstić information content (AvgIpc) is 2.75. The molecule has 20 heavy (non-hydrogen) atoms. The number of nitrogens with zero attached hydrogens (tertiary/aromatic N) is 1. The number of carbonyl (C=O) groups is 2. The topological polar surface area (TPSA) is 83.5 Å². The molecule has 0 spiro atoms. The molecule has 1 N–H and O–H groups in total. The Bertz CT molecular complexity index is 690. The monoisotopic (exact) mass is 294 g/mol. The van der Waals surface area contributed by atoms with Crippen molar-refractivity contribution in [1.82, 2.24) is 9.62 Å². The van der Waals surface area contributed by atoms with E-state index in [-0.39, 0.29) is 16.0 Å². The van der Waals surface area contributed by atoms with Crippen LogP contribution in [0.2, 0.25) is 0 Å². The molecule has 1 aromatic carbocycles. The van der Waals surface area contributed by atoms with Gasteiger partial charge in [-0.15, -0.1) is 0 Å². The zero-order valence-electron chi connectivity index (χ0n) is 10.8. The fourth-order valence-electron chi connectivity index (χ4n) is 2.56. The number of carbonyl (C=O) groups excluding carboxylic acids is 2. The highest BCUT2D eigenvalue weighted by molar-refractivity contribution is 7.89. The van der Waals surface area contributed by atoms with Gasteiger partial charge in [-0.25, -0.2) is 8.42 Å². The summed E-state index contributed by atoms with van der Waals surface area (Å²) in [5.41, 5.74) is 0.362. The van der Waals surface area contributed by atoms with Gasteiger partial charge in [-0.3, -0.25) is 14.9 Å². The van der Waals surface area contributed by atoms with E-state index in [1.807, 2.05) is 0 Å². The van der Waals surface area contributed by atoms with Gasteiger partial charge >= 0.3 is 0 Å². The van der Waals surface area contributed by atoms with Gasteiger partial charge in [-0.05, 0) is 31.0 Å². The van der Waals surface area contributed by atoms with Crippen LogP contribution in [0, 0.1) is 0 Å². The summed E-state index contributed by atoms with van der Waals surface area (Å²) in [6, 6.07) is 4.08. The molecule has 0 aliphatic carbocycles. The Kier molecular flexibility index (Phi) is 3.10. The van der Waals surface area contributed by atoms with Crippen LogP contribution in [-0.2, 0) is 10.0 Å². The standard InChI is InChI=1S/C13H14N2O4S/c16-12-10-5-4-9(8-11(10)13(17)14-12)20(18,19)15-6-2-1-3-7-15/h4-5,8H,1-3,6-7H2,(H,14,16,17). The predicted octanol–water partition coefficient (Wildman–Crippen LogP) is 0.745. The van der Waals surface area contributed by atoms with Gasteiger partial charge in [0.15, 0.2) is 0 Å². The van der Waals surface area contributed by atoms with E-state index in [2.05, 4.69) is 5.32 Å². The van der Waals surface area contributed by atoms with Crippen molar-refractivity contribution in [2.24, 2.45) is 0 Å². The van der Waals surface area contributed by atoms with E-state index >= 15 is 0 Å². The summed E-state index contributed by atoms with van der Waals surface area (Å²) in [6.07, 6.45) is 2.74. The maximum absolute atomic E-state index is 12.5. The summed E-state index contributed by atoms with van der Waals surface area (Å²) < 4.78 is 26.4. The van der Waals surface area contributed by atoms with Crippen LogP contribution >= 0.6 is 0 Å². The molecule has 0 aromatic heterocycles. The van der Waals surface area contributed by atoms with Gasteiger partial charge in [-0.1, -0.05) is 6.42 Å². The quantitative estimate of drug-likeness (QED) is 0.816. The number of nitrogens with one attached hydrogen (secondary N) is 1. The Labute approximate surface area is 116 Å². The van der Waals surface area contributed by atoms with Crippen molar-refractivity contribution in [2.75, 3.05) is 13.1 Å². The molecular weight excluding hydrogens is 280 g/mol. The van der Waals surface area contributed by atoms with Gasteiger partial charge in [0.1, 0.15) is 0 Å². The number of piperidine rings is 1. The molecule has 1 aromatic rings. The first-order valence-electron chi connectivity index (χ1n) is 6.50. The van der Waals surface area contributed by atoms with Crippen molar-refractivity contribution >= 4 is 21.8 Å². The van der Waals surface area contributed by atoms with Crippen molar-refractivity contribution in [3.63, 3.8) is 0 Å². The summed E-state index contributed by atoms with van der Waals surface area (Å²) >= 11 is 0. The van der Waals surface area contributed by atoms with E-state index in [0.717, 1.165) is 19.3 Å². The molecule has 0 radical (unpaired) electrons. The number of sulfonamides is 1. The second-order valence-corrected chi connectivity index (χ2v) is 6.89. The van der Waals surface area contributed by atoms with E-state index in [1.54, 1.807) is 0 Å². The molecule has 2 amide bonds. The fourth-order valence-corrected chi connectivity index (χ4v) is 4.11. The Morgan fingerprint density at radius 3 is 2.30 bits per heavy atom. The maximum atomic E-state index is 12.5. The molecule has 6 nitrogen and oxygen atoms in total. The average molecular weight is 294 g/mol. The summed E-state index contributed by atoms with van der Waals surface area (Å²) in [7, 11) is -3.58. The third-order valence-corrected chi connectivity index (χ3v) is 5.55. The van der Waals surface area contributed by atoms with Crippen LogP contribution in [-0.4, -0.2) is 37.6 Å². The molecule has 0 atom stereocenters. The summed E-state index contributed by atoms with van der Waals surface area (Å²) in [5.74, 6) is -1.02. The first-order chi connectivity index (χ1) is 9.50. The molecule has 1 saturated heterocycles. The van der Waals surface area contributed by atoms with Crippen LogP contribution in [0.1, 0.15) is 40.0 Å². The molecule has 0 saturated carbocycles. The minimum absolute atomic E-state index is 0.0722. The summed E-state index contributed by atoms with van der Waals surface area (Å²) in [5, 5.41) is 2.15. The van der Waals surface area contributed by atoms with Crippen LogP contribution in [0.3, 0.4) is 0 Å². The lowest BCUT2D eigenvalue weighted by Crippen LogP contribution is -2.35. The van der Waals surface area contributed by atoms with Gasteiger partial charge in [0.05, 0.1) is 16.0 Å². The number of amides is 2. The van der Waals surface area contributed by atoms with Crippen molar-refractivity contribution < 1.29 is 18.0 Å². The second kappa shape index (κ2) is 4.68. The molecule has 0 bridgehead atoms. The molecule has 106 valence electrons. The summed E-state index contributed by atoms with van der Waals surface area (Å²) in [4.78, 5) is 23.1. The molecule has 1 fully saturated rings. The van der Waals surface area contributed by atoms with Crippen molar-refractivity contribution in [2.45, 2.75) is 24.2 Å². The van der Waals surface area contributed by atoms with Gasteiger partial charge in [0.25, 0.3) is 11.8 Å². The smallest absolute Gasteiger partial charge is 0.258 e. The highest BCUT2D eigenvalue weighted by atomic mass is 32.2. The van der Waals surface area contributed by atoms with Crippen molar-refractivity contribution in [3.8, 4) is 0 Å². The Hall–Kier alpha value is -1.73.